The molecule has 0 fully saturated rings. The van der Waals surface area contributed by atoms with E-state index in [1.165, 1.54) is 0 Å². The summed E-state index contributed by atoms with van der Waals surface area (Å²) in [4.78, 5) is 4.04. The average Bonchev–Trinajstić information content (AvgIpc) is 2.62. The lowest BCUT2D eigenvalue weighted by molar-refractivity contribution is 0.581. The van der Waals surface area contributed by atoms with Gasteiger partial charge in [-0.25, -0.2) is 4.98 Å². The second-order valence-corrected chi connectivity index (χ2v) is 3.68. The number of rotatable bonds is 4. The molecule has 0 bridgehead atoms. The molecule has 0 aliphatic rings. The van der Waals surface area contributed by atoms with Gasteiger partial charge in [-0.3, -0.25) is 4.40 Å². The molecule has 2 aromatic rings. The lowest BCUT2D eigenvalue weighted by Gasteiger charge is -2.07. The maximum atomic E-state index is 5.96. The van der Waals surface area contributed by atoms with Gasteiger partial charge in [-0.05, 0) is 6.42 Å². The van der Waals surface area contributed by atoms with E-state index in [9.17, 15) is 0 Å². The van der Waals surface area contributed by atoms with Crippen LogP contribution < -0.4 is 5.73 Å². The summed E-state index contributed by atoms with van der Waals surface area (Å²) in [5.41, 5.74) is 6.79. The molecule has 0 spiro atoms. The summed E-state index contributed by atoms with van der Waals surface area (Å²) in [5.74, 6) is 0.888. The number of hydrogen-bond donors (Lipinski definition) is 1. The molecule has 2 aromatic heterocycles. The van der Waals surface area contributed by atoms with Gasteiger partial charge in [-0.15, -0.1) is 10.2 Å². The Kier molecular flexibility index (Phi) is 2.91. The van der Waals surface area contributed by atoms with E-state index in [-0.39, 0.29) is 6.04 Å². The lowest BCUT2D eigenvalue weighted by Crippen LogP contribution is -2.23. The fourth-order valence-electron chi connectivity index (χ4n) is 1.64. The monoisotopic (exact) mass is 205 g/mol. The highest BCUT2D eigenvalue weighted by molar-refractivity contribution is 5.35. The largest absolute Gasteiger partial charge is 0.327 e. The molecule has 2 heterocycles. The van der Waals surface area contributed by atoms with Crippen LogP contribution in [0, 0.1) is 0 Å². The topological polar surface area (TPSA) is 69.1 Å². The van der Waals surface area contributed by atoms with Crippen molar-refractivity contribution in [2.75, 3.05) is 0 Å². The zero-order valence-electron chi connectivity index (χ0n) is 8.80. The van der Waals surface area contributed by atoms with Crippen LogP contribution in [0.1, 0.15) is 25.6 Å². The maximum Gasteiger partial charge on any atom is 0.163 e. The van der Waals surface area contributed by atoms with E-state index in [0.29, 0.717) is 0 Å². The number of aromatic nitrogens is 4. The Morgan fingerprint density at radius 2 is 2.33 bits per heavy atom. The van der Waals surface area contributed by atoms with E-state index >= 15 is 0 Å². The summed E-state index contributed by atoms with van der Waals surface area (Å²) < 4.78 is 1.88. The van der Waals surface area contributed by atoms with E-state index in [2.05, 4.69) is 22.1 Å². The van der Waals surface area contributed by atoms with Crippen LogP contribution in [0.5, 0.6) is 0 Å². The Labute approximate surface area is 88.3 Å². The van der Waals surface area contributed by atoms with Crippen LogP contribution in [0.4, 0.5) is 0 Å². The first-order valence-electron chi connectivity index (χ1n) is 5.20. The van der Waals surface area contributed by atoms with E-state index in [1.54, 1.807) is 12.5 Å². The summed E-state index contributed by atoms with van der Waals surface area (Å²) in [7, 11) is 0. The first-order chi connectivity index (χ1) is 7.31. The van der Waals surface area contributed by atoms with Gasteiger partial charge < -0.3 is 5.73 Å². The van der Waals surface area contributed by atoms with Crippen molar-refractivity contribution in [3.05, 3.63) is 24.4 Å². The Hall–Kier alpha value is -1.49. The van der Waals surface area contributed by atoms with Gasteiger partial charge in [0.05, 0.1) is 0 Å². The second-order valence-electron chi connectivity index (χ2n) is 3.68. The number of nitrogens with two attached hydrogens (primary N) is 1. The first-order valence-corrected chi connectivity index (χ1v) is 5.20. The molecule has 2 rings (SSSR count). The van der Waals surface area contributed by atoms with Crippen LogP contribution in [0.15, 0.2) is 18.6 Å². The van der Waals surface area contributed by atoms with Gasteiger partial charge in [0, 0.05) is 24.7 Å². The quantitative estimate of drug-likeness (QED) is 0.801. The molecule has 0 aliphatic heterocycles. The third-order valence-corrected chi connectivity index (χ3v) is 2.39. The molecule has 0 radical (unpaired) electrons. The van der Waals surface area contributed by atoms with Gasteiger partial charge in [0.1, 0.15) is 12.2 Å². The molecule has 5 heteroatoms. The minimum Gasteiger partial charge on any atom is -0.327 e. The van der Waals surface area contributed by atoms with Crippen LogP contribution in [0.3, 0.4) is 0 Å². The van der Waals surface area contributed by atoms with Crippen molar-refractivity contribution in [1.29, 1.82) is 0 Å². The van der Waals surface area contributed by atoms with Crippen molar-refractivity contribution in [1.82, 2.24) is 19.6 Å². The number of hydrogen-bond acceptors (Lipinski definition) is 4. The Morgan fingerprint density at radius 1 is 1.47 bits per heavy atom. The molecule has 0 saturated heterocycles. The van der Waals surface area contributed by atoms with Gasteiger partial charge in [0.15, 0.2) is 5.65 Å². The van der Waals surface area contributed by atoms with Crippen LogP contribution >= 0.6 is 0 Å². The van der Waals surface area contributed by atoms with Crippen molar-refractivity contribution in [3.8, 4) is 0 Å². The molecule has 0 aliphatic carbocycles. The second kappa shape index (κ2) is 4.35. The zero-order valence-corrected chi connectivity index (χ0v) is 8.80. The molecule has 0 aromatic carbocycles. The summed E-state index contributed by atoms with van der Waals surface area (Å²) in [5, 5.41) is 8.16. The van der Waals surface area contributed by atoms with Crippen LogP contribution in [0.25, 0.3) is 5.65 Å². The molecule has 5 nitrogen and oxygen atoms in total. The summed E-state index contributed by atoms with van der Waals surface area (Å²) in [6.07, 6.45) is 6.29. The smallest absolute Gasteiger partial charge is 0.163 e. The van der Waals surface area contributed by atoms with Gasteiger partial charge in [0.25, 0.3) is 0 Å². The van der Waals surface area contributed by atoms with E-state index in [1.807, 2.05) is 10.5 Å². The van der Waals surface area contributed by atoms with E-state index in [4.69, 9.17) is 5.73 Å². The summed E-state index contributed by atoms with van der Waals surface area (Å²) in [6, 6.07) is 1.99. The third kappa shape index (κ3) is 2.12. The summed E-state index contributed by atoms with van der Waals surface area (Å²) in [6.45, 7) is 2.13. The molecule has 0 amide bonds. The van der Waals surface area contributed by atoms with Gasteiger partial charge in [-0.2, -0.15) is 0 Å². The number of nitrogens with zero attached hydrogens (tertiary/aromatic N) is 4. The van der Waals surface area contributed by atoms with Gasteiger partial charge >= 0.3 is 0 Å². The summed E-state index contributed by atoms with van der Waals surface area (Å²) >= 11 is 0. The molecule has 0 saturated carbocycles. The standard InChI is InChI=1S/C10H15N5/c1-2-3-8(11)6-10-14-13-9-4-5-12-7-15(9)10/h4-5,7-8H,2-3,6,11H2,1H3. The van der Waals surface area contributed by atoms with E-state index in [0.717, 1.165) is 30.7 Å². The minimum absolute atomic E-state index is 0.155. The maximum absolute atomic E-state index is 5.96. The molecule has 1 unspecified atom stereocenters. The highest BCUT2D eigenvalue weighted by Gasteiger charge is 2.09. The normalized spacial score (nSPS) is 13.2. The van der Waals surface area contributed by atoms with Crippen molar-refractivity contribution in [2.45, 2.75) is 32.2 Å². The van der Waals surface area contributed by atoms with Gasteiger partial charge in [0.2, 0.25) is 0 Å². The zero-order chi connectivity index (χ0) is 10.7. The van der Waals surface area contributed by atoms with Crippen LogP contribution in [-0.4, -0.2) is 25.6 Å². The highest BCUT2D eigenvalue weighted by Crippen LogP contribution is 2.05. The molecule has 2 N–H and O–H groups in total. The third-order valence-electron chi connectivity index (χ3n) is 2.39. The van der Waals surface area contributed by atoms with Crippen LogP contribution in [-0.2, 0) is 6.42 Å². The SMILES string of the molecule is CCCC(N)Cc1nnc2ccncn12. The minimum atomic E-state index is 0.155. The molecular formula is C10H15N5. The number of fused-ring (bicyclic) bond motifs is 1. The lowest BCUT2D eigenvalue weighted by atomic mass is 10.1. The Morgan fingerprint density at radius 3 is 3.13 bits per heavy atom. The molecular weight excluding hydrogens is 190 g/mol. The molecule has 80 valence electrons. The fourth-order valence-corrected chi connectivity index (χ4v) is 1.64. The van der Waals surface area contributed by atoms with E-state index < -0.39 is 0 Å². The predicted molar refractivity (Wildman–Crippen MR) is 57.4 cm³/mol. The Balaban J connectivity index is 2.21. The highest BCUT2D eigenvalue weighted by atomic mass is 15.3. The van der Waals surface area contributed by atoms with Crippen molar-refractivity contribution < 1.29 is 0 Å². The Bertz CT molecular complexity index is 436. The average molecular weight is 205 g/mol. The first kappa shape index (κ1) is 10.0. The van der Waals surface area contributed by atoms with Crippen molar-refractivity contribution in [2.24, 2.45) is 5.73 Å². The predicted octanol–water partition coefficient (Wildman–Crippen LogP) is 0.794. The fraction of sp³-hybridized carbons (Fsp3) is 0.500. The van der Waals surface area contributed by atoms with Crippen molar-refractivity contribution in [3.63, 3.8) is 0 Å². The van der Waals surface area contributed by atoms with Gasteiger partial charge in [-0.1, -0.05) is 13.3 Å². The molecule has 1 atom stereocenters. The van der Waals surface area contributed by atoms with Crippen LogP contribution in [0.2, 0.25) is 0 Å². The van der Waals surface area contributed by atoms with Crippen molar-refractivity contribution >= 4 is 5.65 Å². The molecule has 15 heavy (non-hydrogen) atoms.